The number of nitrogens with zero attached hydrogens (tertiary/aromatic N) is 3. The molecule has 3 rings (SSSR count). The number of carboxylic acid groups (broad SMARTS) is 1. The van der Waals surface area contributed by atoms with Crippen LogP contribution in [0, 0.1) is 11.3 Å². The van der Waals surface area contributed by atoms with Crippen LogP contribution in [0.4, 0.5) is 11.5 Å². The molecule has 132 valence electrons. The second kappa shape index (κ2) is 7.66. The van der Waals surface area contributed by atoms with Crippen LogP contribution in [-0.2, 0) is 0 Å². The van der Waals surface area contributed by atoms with Crippen molar-refractivity contribution < 1.29 is 14.7 Å². The third kappa shape index (κ3) is 3.81. The topological polar surface area (TPSA) is 106 Å². The predicted octanol–water partition coefficient (Wildman–Crippen LogP) is 2.89. The SMILES string of the molecule is N#Cc1ccc(NC(=O)c2ccc(N3CCCCC3)nc2)c(C(=O)O)c1. The molecule has 0 spiro atoms. The Morgan fingerprint density at radius 1 is 1.15 bits per heavy atom. The maximum Gasteiger partial charge on any atom is 0.337 e. The summed E-state index contributed by atoms with van der Waals surface area (Å²) in [7, 11) is 0. The molecular weight excluding hydrogens is 332 g/mol. The van der Waals surface area contributed by atoms with Crippen LogP contribution in [-0.4, -0.2) is 35.1 Å². The first-order valence-electron chi connectivity index (χ1n) is 8.38. The van der Waals surface area contributed by atoms with E-state index in [9.17, 15) is 14.7 Å². The van der Waals surface area contributed by atoms with Crippen LogP contribution in [0.15, 0.2) is 36.5 Å². The molecule has 1 amide bonds. The summed E-state index contributed by atoms with van der Waals surface area (Å²) in [6.07, 6.45) is 5.00. The first-order valence-corrected chi connectivity index (χ1v) is 8.38. The van der Waals surface area contributed by atoms with Crippen LogP contribution in [0.1, 0.15) is 45.5 Å². The molecule has 7 nitrogen and oxygen atoms in total. The zero-order valence-corrected chi connectivity index (χ0v) is 14.1. The highest BCUT2D eigenvalue weighted by atomic mass is 16.4. The molecule has 0 bridgehead atoms. The van der Waals surface area contributed by atoms with Crippen LogP contribution in [0.25, 0.3) is 0 Å². The summed E-state index contributed by atoms with van der Waals surface area (Å²) in [6.45, 7) is 1.93. The normalized spacial score (nSPS) is 13.7. The van der Waals surface area contributed by atoms with Gasteiger partial charge in [-0.1, -0.05) is 0 Å². The van der Waals surface area contributed by atoms with Gasteiger partial charge < -0.3 is 15.3 Å². The van der Waals surface area contributed by atoms with Crippen molar-refractivity contribution in [2.45, 2.75) is 19.3 Å². The molecular formula is C19H18N4O3. The predicted molar refractivity (Wildman–Crippen MR) is 96.4 cm³/mol. The van der Waals surface area contributed by atoms with Crippen molar-refractivity contribution in [2.24, 2.45) is 0 Å². The smallest absolute Gasteiger partial charge is 0.337 e. The number of amides is 1. The van der Waals surface area contributed by atoms with Gasteiger partial charge in [0.25, 0.3) is 5.91 Å². The van der Waals surface area contributed by atoms with Crippen LogP contribution in [0.5, 0.6) is 0 Å². The molecule has 0 atom stereocenters. The molecule has 0 saturated carbocycles. The summed E-state index contributed by atoms with van der Waals surface area (Å²) in [5.41, 5.74) is 0.566. The summed E-state index contributed by atoms with van der Waals surface area (Å²) in [5, 5.41) is 20.7. The standard InChI is InChI=1S/C19H18N4O3/c20-11-13-4-6-16(15(10-13)19(25)26)22-18(24)14-5-7-17(21-12-14)23-8-2-1-3-9-23/h4-7,10,12H,1-3,8-9H2,(H,22,24)(H,25,26). The number of hydrogen-bond donors (Lipinski definition) is 2. The van der Waals surface area contributed by atoms with Crippen molar-refractivity contribution in [2.75, 3.05) is 23.3 Å². The summed E-state index contributed by atoms with van der Waals surface area (Å²) in [5.74, 6) is -0.822. The summed E-state index contributed by atoms with van der Waals surface area (Å²) in [4.78, 5) is 30.3. The lowest BCUT2D eigenvalue weighted by Crippen LogP contribution is -2.30. The number of carbonyl (C=O) groups excluding carboxylic acids is 1. The fraction of sp³-hybridized carbons (Fsp3) is 0.263. The van der Waals surface area contributed by atoms with E-state index in [1.165, 1.54) is 30.8 Å². The van der Waals surface area contributed by atoms with Crippen molar-refractivity contribution >= 4 is 23.4 Å². The second-order valence-corrected chi connectivity index (χ2v) is 6.08. The van der Waals surface area contributed by atoms with Crippen LogP contribution in [0.3, 0.4) is 0 Å². The zero-order valence-electron chi connectivity index (χ0n) is 14.1. The Morgan fingerprint density at radius 2 is 1.92 bits per heavy atom. The van der Waals surface area contributed by atoms with E-state index in [1.807, 2.05) is 6.07 Å². The lowest BCUT2D eigenvalue weighted by atomic mass is 10.1. The Labute approximate surface area is 150 Å². The van der Waals surface area contributed by atoms with Crippen LogP contribution < -0.4 is 10.2 Å². The minimum Gasteiger partial charge on any atom is -0.478 e. The number of rotatable bonds is 4. The van der Waals surface area contributed by atoms with E-state index in [0.29, 0.717) is 5.56 Å². The maximum absolute atomic E-state index is 12.4. The molecule has 1 aliphatic rings. The second-order valence-electron chi connectivity index (χ2n) is 6.08. The number of piperidine rings is 1. The van der Waals surface area contributed by atoms with E-state index in [2.05, 4.69) is 15.2 Å². The molecule has 0 aliphatic carbocycles. The van der Waals surface area contributed by atoms with E-state index in [0.717, 1.165) is 31.7 Å². The van der Waals surface area contributed by atoms with Crippen molar-refractivity contribution in [3.05, 3.63) is 53.2 Å². The maximum atomic E-state index is 12.4. The highest BCUT2D eigenvalue weighted by molar-refractivity contribution is 6.07. The van der Waals surface area contributed by atoms with E-state index >= 15 is 0 Å². The number of carbonyl (C=O) groups is 2. The number of nitriles is 1. The van der Waals surface area contributed by atoms with Gasteiger partial charge >= 0.3 is 5.97 Å². The first-order chi connectivity index (χ1) is 12.6. The van der Waals surface area contributed by atoms with Gasteiger partial charge in [0.1, 0.15) is 5.82 Å². The molecule has 0 unspecified atom stereocenters. The van der Waals surface area contributed by atoms with Gasteiger partial charge in [-0.3, -0.25) is 4.79 Å². The van der Waals surface area contributed by atoms with Gasteiger partial charge in [-0.05, 0) is 49.6 Å². The lowest BCUT2D eigenvalue weighted by Gasteiger charge is -2.27. The fourth-order valence-electron chi connectivity index (χ4n) is 2.92. The molecule has 2 aromatic rings. The molecule has 1 aromatic heterocycles. The molecule has 0 radical (unpaired) electrons. The number of pyridine rings is 1. The largest absolute Gasteiger partial charge is 0.478 e. The Morgan fingerprint density at radius 3 is 2.54 bits per heavy atom. The average molecular weight is 350 g/mol. The third-order valence-electron chi connectivity index (χ3n) is 4.32. The number of hydrogen-bond acceptors (Lipinski definition) is 5. The number of nitrogens with one attached hydrogen (secondary N) is 1. The molecule has 2 N–H and O–H groups in total. The number of aromatic nitrogens is 1. The van der Waals surface area contributed by atoms with Gasteiger partial charge in [-0.15, -0.1) is 0 Å². The summed E-state index contributed by atoms with van der Waals surface area (Å²) >= 11 is 0. The molecule has 1 fully saturated rings. The van der Waals surface area contributed by atoms with Crippen molar-refractivity contribution in [1.29, 1.82) is 5.26 Å². The van der Waals surface area contributed by atoms with Gasteiger partial charge in [0.15, 0.2) is 0 Å². The van der Waals surface area contributed by atoms with Crippen LogP contribution >= 0.6 is 0 Å². The average Bonchev–Trinajstić information content (AvgIpc) is 2.69. The number of aromatic carboxylic acids is 1. The molecule has 1 aliphatic heterocycles. The Balaban J connectivity index is 1.76. The molecule has 7 heteroatoms. The number of carboxylic acids is 1. The van der Waals surface area contributed by atoms with E-state index in [-0.39, 0.29) is 16.8 Å². The van der Waals surface area contributed by atoms with Gasteiger partial charge in [-0.2, -0.15) is 5.26 Å². The highest BCUT2D eigenvalue weighted by Crippen LogP contribution is 2.20. The fourth-order valence-corrected chi connectivity index (χ4v) is 2.92. The summed E-state index contributed by atoms with van der Waals surface area (Å²) < 4.78 is 0. The minimum atomic E-state index is -1.21. The molecule has 26 heavy (non-hydrogen) atoms. The van der Waals surface area contributed by atoms with Gasteiger partial charge in [0, 0.05) is 19.3 Å². The monoisotopic (exact) mass is 350 g/mol. The van der Waals surface area contributed by atoms with Gasteiger partial charge in [-0.25, -0.2) is 9.78 Å². The highest BCUT2D eigenvalue weighted by Gasteiger charge is 2.16. The first kappa shape index (κ1) is 17.4. The van der Waals surface area contributed by atoms with E-state index in [4.69, 9.17) is 5.26 Å². The minimum absolute atomic E-state index is 0.129. The van der Waals surface area contributed by atoms with Crippen molar-refractivity contribution in [3.8, 4) is 6.07 Å². The third-order valence-corrected chi connectivity index (χ3v) is 4.32. The lowest BCUT2D eigenvalue weighted by molar-refractivity contribution is 0.0698. The number of anilines is 2. The Kier molecular flexibility index (Phi) is 5.13. The van der Waals surface area contributed by atoms with Crippen LogP contribution in [0.2, 0.25) is 0 Å². The summed E-state index contributed by atoms with van der Waals surface area (Å²) in [6, 6.07) is 9.46. The quantitative estimate of drug-likeness (QED) is 0.878. The van der Waals surface area contributed by atoms with E-state index in [1.54, 1.807) is 12.1 Å². The Hall–Kier alpha value is -3.40. The molecule has 2 heterocycles. The van der Waals surface area contributed by atoms with Crippen molar-refractivity contribution in [1.82, 2.24) is 4.98 Å². The van der Waals surface area contributed by atoms with Gasteiger partial charge in [0.05, 0.1) is 28.4 Å². The number of benzene rings is 1. The Bertz CT molecular complexity index is 865. The van der Waals surface area contributed by atoms with E-state index < -0.39 is 11.9 Å². The molecule has 1 saturated heterocycles. The van der Waals surface area contributed by atoms with Gasteiger partial charge in [0.2, 0.25) is 0 Å². The molecule has 1 aromatic carbocycles. The zero-order chi connectivity index (χ0) is 18.5. The van der Waals surface area contributed by atoms with Crippen molar-refractivity contribution in [3.63, 3.8) is 0 Å².